The molecule has 0 spiro atoms. The van der Waals surface area contributed by atoms with Crippen LogP contribution in [0.3, 0.4) is 0 Å². The van der Waals surface area contributed by atoms with Crippen LogP contribution in [-0.2, 0) is 11.3 Å². The average molecular weight is 623 g/mol. The molecule has 42 heavy (non-hydrogen) atoms. The molecule has 3 aromatic rings. The number of carboxylic acids is 1. The lowest BCUT2D eigenvalue weighted by atomic mass is 10.1. The first-order valence-electron chi connectivity index (χ1n) is 13.7. The highest BCUT2D eigenvalue weighted by molar-refractivity contribution is 8.00. The summed E-state index contributed by atoms with van der Waals surface area (Å²) in [6.07, 6.45) is 2.55. The number of alkyl halides is 1. The molecule has 2 unspecified atom stereocenters. The highest BCUT2D eigenvalue weighted by Gasteiger charge is 2.33. The van der Waals surface area contributed by atoms with Crippen molar-refractivity contribution >= 4 is 51.7 Å². The molecule has 1 fully saturated rings. The Labute approximate surface area is 250 Å². The third-order valence-electron chi connectivity index (χ3n) is 7.80. The third-order valence-corrected chi connectivity index (χ3v) is 9.32. The zero-order valence-corrected chi connectivity index (χ0v) is 24.9. The smallest absolute Gasteiger partial charge is 0.342 e. The number of nitrogens with zero attached hydrogens (tertiary/aromatic N) is 6. The zero-order valence-electron chi connectivity index (χ0n) is 23.3. The maximum Gasteiger partial charge on any atom is 0.342 e. The predicted octanol–water partition coefficient (Wildman–Crippen LogP) is 4.10. The highest BCUT2D eigenvalue weighted by atomic mass is 35.5. The maximum absolute atomic E-state index is 15.2. The van der Waals surface area contributed by atoms with Crippen LogP contribution in [-0.4, -0.2) is 86.3 Å². The summed E-state index contributed by atoms with van der Waals surface area (Å²) in [5, 5.41) is 21.2. The second-order valence-corrected chi connectivity index (χ2v) is 12.0. The van der Waals surface area contributed by atoms with Crippen LogP contribution in [0, 0.1) is 22.9 Å². The van der Waals surface area contributed by atoms with Gasteiger partial charge in [-0.25, -0.2) is 18.7 Å². The van der Waals surface area contributed by atoms with Gasteiger partial charge in [0, 0.05) is 45.1 Å². The van der Waals surface area contributed by atoms with Gasteiger partial charge in [-0.15, -0.1) is 11.6 Å². The summed E-state index contributed by atoms with van der Waals surface area (Å²) in [6.45, 7) is 7.93. The molecule has 2 aliphatic rings. The molecule has 4 heterocycles. The lowest BCUT2D eigenvalue weighted by Crippen LogP contribution is -2.47. The van der Waals surface area contributed by atoms with E-state index < -0.39 is 22.1 Å². The van der Waals surface area contributed by atoms with E-state index in [1.807, 2.05) is 11.8 Å². The summed E-state index contributed by atoms with van der Waals surface area (Å²) in [6, 6.07) is 2.85. The van der Waals surface area contributed by atoms with Crippen LogP contribution in [0.5, 0.6) is 0 Å². The number of thioether (sulfide) groups is 1. The van der Waals surface area contributed by atoms with Crippen LogP contribution in [0.15, 0.2) is 28.2 Å². The van der Waals surface area contributed by atoms with Crippen LogP contribution in [0.1, 0.15) is 41.3 Å². The van der Waals surface area contributed by atoms with E-state index in [4.69, 9.17) is 16.3 Å². The average Bonchev–Trinajstić information content (AvgIpc) is 3.32. The number of rotatable bonds is 12. The minimum Gasteiger partial charge on any atom is -0.477 e. The number of aryl methyl sites for hydroxylation is 1. The quantitative estimate of drug-likeness (QED) is 0.136. The Balaban J connectivity index is 1.13. The normalized spacial score (nSPS) is 17.7. The van der Waals surface area contributed by atoms with Gasteiger partial charge in [-0.1, -0.05) is 11.8 Å². The standard InChI is InChI=1S/C27H32ClFN6O6S/c1-16-30-14-23(35(39)40)33(16)15-18(13-28)41-10-4-3-5-31-6-8-32(9-7-31)22-12-21-19(11-20(22)29)25(36)24(27(37)38)26-34(21)17(2)42-26/h11-12,14,17-18H,3-10,13,15H2,1-2H3,(H,37,38). The largest absolute Gasteiger partial charge is 0.477 e. The number of anilines is 1. The number of carbonyl (C=O) groups is 1. The van der Waals surface area contributed by atoms with E-state index in [9.17, 15) is 24.8 Å². The van der Waals surface area contributed by atoms with Gasteiger partial charge >= 0.3 is 11.8 Å². The molecular weight excluding hydrogens is 591 g/mol. The Hall–Kier alpha value is -3.20. The van der Waals surface area contributed by atoms with Crippen molar-refractivity contribution in [1.82, 2.24) is 19.0 Å². The summed E-state index contributed by atoms with van der Waals surface area (Å²) in [7, 11) is 0. The topological polar surface area (TPSA) is 136 Å². The van der Waals surface area contributed by atoms with Gasteiger partial charge in [-0.05, 0) is 43.4 Å². The predicted molar refractivity (Wildman–Crippen MR) is 158 cm³/mol. The molecule has 2 aromatic heterocycles. The fraction of sp³-hybridized carbons (Fsp3) is 0.519. The van der Waals surface area contributed by atoms with E-state index in [1.165, 1.54) is 28.6 Å². The monoisotopic (exact) mass is 622 g/mol. The van der Waals surface area contributed by atoms with Crippen molar-refractivity contribution in [2.75, 3.05) is 50.1 Å². The number of halogens is 2. The van der Waals surface area contributed by atoms with Gasteiger partial charge in [0.15, 0.2) is 5.82 Å². The van der Waals surface area contributed by atoms with E-state index >= 15 is 4.39 Å². The molecule has 1 N–H and O–H groups in total. The van der Waals surface area contributed by atoms with E-state index in [2.05, 4.69) is 9.88 Å². The number of benzene rings is 1. The Morgan fingerprint density at radius 1 is 1.31 bits per heavy atom. The number of nitro groups is 1. The number of pyridine rings is 1. The Kier molecular flexibility index (Phi) is 9.06. The van der Waals surface area contributed by atoms with Crippen molar-refractivity contribution in [3.8, 4) is 0 Å². The molecule has 0 radical (unpaired) electrons. The molecule has 5 rings (SSSR count). The third kappa shape index (κ3) is 5.85. The van der Waals surface area contributed by atoms with Crippen molar-refractivity contribution in [3.05, 3.63) is 55.9 Å². The molecule has 12 nitrogen and oxygen atoms in total. The molecule has 0 bridgehead atoms. The number of hydrogen-bond donors (Lipinski definition) is 1. The van der Waals surface area contributed by atoms with Crippen LogP contribution >= 0.6 is 23.4 Å². The minimum atomic E-state index is -1.30. The Bertz CT molecular complexity index is 1570. The SMILES string of the molecule is Cc1ncc([N+](=O)[O-])n1CC(CCl)OCCCCN1CCN(c2cc3c(cc2F)c(=O)c(C(=O)O)c2n3C(C)S2)CC1. The van der Waals surface area contributed by atoms with E-state index in [-0.39, 0.29) is 40.7 Å². The second kappa shape index (κ2) is 12.6. The molecule has 2 atom stereocenters. The Morgan fingerprint density at radius 2 is 2.05 bits per heavy atom. The fourth-order valence-electron chi connectivity index (χ4n) is 5.54. The summed E-state index contributed by atoms with van der Waals surface area (Å²) >= 11 is 7.38. The van der Waals surface area contributed by atoms with Crippen LogP contribution in [0.2, 0.25) is 0 Å². The van der Waals surface area contributed by atoms with Gasteiger partial charge in [0.2, 0.25) is 5.43 Å². The number of unbranched alkanes of at least 4 members (excludes halogenated alkanes) is 1. The van der Waals surface area contributed by atoms with Gasteiger partial charge in [0.25, 0.3) is 0 Å². The van der Waals surface area contributed by atoms with Gasteiger partial charge in [-0.3, -0.25) is 9.69 Å². The summed E-state index contributed by atoms with van der Waals surface area (Å²) < 4.78 is 24.4. The molecule has 0 aliphatic carbocycles. The molecule has 0 amide bonds. The summed E-state index contributed by atoms with van der Waals surface area (Å²) in [5.74, 6) is -1.18. The summed E-state index contributed by atoms with van der Waals surface area (Å²) in [4.78, 5) is 43.6. The van der Waals surface area contributed by atoms with Crippen molar-refractivity contribution in [1.29, 1.82) is 0 Å². The van der Waals surface area contributed by atoms with Gasteiger partial charge < -0.3 is 29.4 Å². The lowest BCUT2D eigenvalue weighted by Gasteiger charge is -2.37. The number of aromatic nitrogens is 3. The van der Waals surface area contributed by atoms with E-state index in [1.54, 1.807) is 17.6 Å². The van der Waals surface area contributed by atoms with Gasteiger partial charge in [0.1, 0.15) is 30.2 Å². The fourth-order valence-corrected chi connectivity index (χ4v) is 6.88. The maximum atomic E-state index is 15.2. The van der Waals surface area contributed by atoms with Crippen molar-refractivity contribution in [2.45, 2.75) is 49.7 Å². The van der Waals surface area contributed by atoms with Crippen molar-refractivity contribution in [2.24, 2.45) is 0 Å². The van der Waals surface area contributed by atoms with Crippen LogP contribution in [0.4, 0.5) is 15.9 Å². The first-order valence-corrected chi connectivity index (χ1v) is 15.1. The molecule has 0 saturated carbocycles. The second-order valence-electron chi connectivity index (χ2n) is 10.4. The molecule has 1 aromatic carbocycles. The first kappa shape index (κ1) is 30.3. The zero-order chi connectivity index (χ0) is 30.1. The van der Waals surface area contributed by atoms with E-state index in [0.717, 1.165) is 32.5 Å². The van der Waals surface area contributed by atoms with Gasteiger partial charge in [0.05, 0.1) is 27.5 Å². The van der Waals surface area contributed by atoms with Crippen molar-refractivity contribution < 1.29 is 24.0 Å². The Morgan fingerprint density at radius 3 is 2.69 bits per heavy atom. The number of fused-ring (bicyclic) bond motifs is 3. The number of imidazole rings is 1. The first-order chi connectivity index (χ1) is 20.1. The molecule has 226 valence electrons. The summed E-state index contributed by atoms with van der Waals surface area (Å²) in [5.41, 5.74) is 0.0144. The molecular formula is C27H32ClFN6O6S. The molecule has 1 saturated heterocycles. The van der Waals surface area contributed by atoms with E-state index in [0.29, 0.717) is 41.8 Å². The van der Waals surface area contributed by atoms with Crippen LogP contribution < -0.4 is 10.3 Å². The number of hydrogen-bond acceptors (Lipinski definition) is 9. The minimum absolute atomic E-state index is 0.0476. The van der Waals surface area contributed by atoms with Crippen molar-refractivity contribution in [3.63, 3.8) is 0 Å². The number of carboxylic acid groups (broad SMARTS) is 1. The number of ether oxygens (including phenoxy) is 1. The van der Waals surface area contributed by atoms with Gasteiger partial charge in [-0.2, -0.15) is 0 Å². The number of piperazine rings is 1. The highest BCUT2D eigenvalue weighted by Crippen LogP contribution is 2.46. The molecule has 15 heteroatoms. The van der Waals surface area contributed by atoms with Crippen LogP contribution in [0.25, 0.3) is 10.9 Å². The lowest BCUT2D eigenvalue weighted by molar-refractivity contribution is -0.392. The number of aromatic carboxylic acids is 1. The molecule has 2 aliphatic heterocycles.